The van der Waals surface area contributed by atoms with E-state index in [-0.39, 0.29) is 6.04 Å². The summed E-state index contributed by atoms with van der Waals surface area (Å²) < 4.78 is 10.8. The molecule has 2 aromatic heterocycles. The van der Waals surface area contributed by atoms with E-state index in [1.807, 2.05) is 11.3 Å². The Morgan fingerprint density at radius 3 is 2.92 bits per heavy atom. The second-order valence-electron chi connectivity index (χ2n) is 7.07. The molecule has 7 heteroatoms. The molecule has 0 bridgehead atoms. The summed E-state index contributed by atoms with van der Waals surface area (Å²) in [6, 6.07) is 0.226. The number of fused-ring (bicyclic) bond motifs is 3. The second-order valence-corrected chi connectivity index (χ2v) is 8.15. The maximum absolute atomic E-state index is 5.47. The SMILES string of the molecule is COC[C@H](C)Nc1nc(C[NH+]2CCOCC2)nc2sc3c(c12)CCC3. The fourth-order valence-electron chi connectivity index (χ4n) is 3.81. The van der Waals surface area contributed by atoms with E-state index >= 15 is 0 Å². The minimum atomic E-state index is 0.226. The van der Waals surface area contributed by atoms with Gasteiger partial charge in [0.15, 0.2) is 5.82 Å². The van der Waals surface area contributed by atoms with Gasteiger partial charge in [0.2, 0.25) is 0 Å². The zero-order chi connectivity index (χ0) is 17.2. The van der Waals surface area contributed by atoms with E-state index in [0.29, 0.717) is 6.61 Å². The first-order valence-corrected chi connectivity index (χ1v) is 10.0. The van der Waals surface area contributed by atoms with Gasteiger partial charge in [-0.2, -0.15) is 0 Å². The zero-order valence-corrected chi connectivity index (χ0v) is 15.9. The number of aryl methyl sites for hydroxylation is 2. The summed E-state index contributed by atoms with van der Waals surface area (Å²) in [7, 11) is 1.74. The molecule has 1 saturated heterocycles. The Morgan fingerprint density at radius 1 is 1.28 bits per heavy atom. The molecule has 2 aromatic rings. The summed E-state index contributed by atoms with van der Waals surface area (Å²) in [6.07, 6.45) is 3.59. The molecule has 0 aromatic carbocycles. The molecule has 0 spiro atoms. The van der Waals surface area contributed by atoms with Crippen molar-refractivity contribution in [2.24, 2.45) is 0 Å². The van der Waals surface area contributed by atoms with Crippen LogP contribution in [0, 0.1) is 0 Å². The van der Waals surface area contributed by atoms with E-state index in [4.69, 9.17) is 19.4 Å². The van der Waals surface area contributed by atoms with Crippen LogP contribution in [-0.2, 0) is 28.9 Å². The highest BCUT2D eigenvalue weighted by Crippen LogP contribution is 2.39. The smallest absolute Gasteiger partial charge is 0.187 e. The fourth-order valence-corrected chi connectivity index (χ4v) is 5.09. The molecule has 1 aliphatic heterocycles. The largest absolute Gasteiger partial charge is 0.383 e. The molecule has 136 valence electrons. The number of hydrogen-bond donors (Lipinski definition) is 2. The number of aromatic nitrogens is 2. The Labute approximate surface area is 152 Å². The van der Waals surface area contributed by atoms with Crippen molar-refractivity contribution in [1.82, 2.24) is 9.97 Å². The van der Waals surface area contributed by atoms with Gasteiger partial charge in [-0.1, -0.05) is 0 Å². The third-order valence-corrected chi connectivity index (χ3v) is 6.20. The Bertz CT molecular complexity index is 742. The van der Waals surface area contributed by atoms with E-state index in [1.54, 1.807) is 7.11 Å². The lowest BCUT2D eigenvalue weighted by atomic mass is 10.2. The number of thiophene rings is 1. The van der Waals surface area contributed by atoms with Gasteiger partial charge in [-0.05, 0) is 31.7 Å². The van der Waals surface area contributed by atoms with Crippen molar-refractivity contribution in [1.29, 1.82) is 0 Å². The maximum Gasteiger partial charge on any atom is 0.187 e. The molecular weight excluding hydrogens is 336 g/mol. The molecule has 4 rings (SSSR count). The Morgan fingerprint density at radius 2 is 2.12 bits per heavy atom. The lowest BCUT2D eigenvalue weighted by molar-refractivity contribution is -0.922. The van der Waals surface area contributed by atoms with Crippen LogP contribution in [0.4, 0.5) is 5.82 Å². The third kappa shape index (κ3) is 3.65. The Balaban J connectivity index is 1.67. The molecule has 0 saturated carbocycles. The van der Waals surface area contributed by atoms with Gasteiger partial charge in [0.05, 0.1) is 25.2 Å². The topological polar surface area (TPSA) is 60.7 Å². The van der Waals surface area contributed by atoms with Crippen molar-refractivity contribution in [3.8, 4) is 0 Å². The van der Waals surface area contributed by atoms with Crippen LogP contribution in [0.2, 0.25) is 0 Å². The van der Waals surface area contributed by atoms with Gasteiger partial charge in [-0.3, -0.25) is 0 Å². The number of nitrogens with zero attached hydrogens (tertiary/aromatic N) is 2. The lowest BCUT2D eigenvalue weighted by Crippen LogP contribution is -3.12. The highest BCUT2D eigenvalue weighted by molar-refractivity contribution is 7.19. The van der Waals surface area contributed by atoms with Crippen molar-refractivity contribution in [2.45, 2.75) is 38.8 Å². The van der Waals surface area contributed by atoms with Crippen LogP contribution in [0.3, 0.4) is 0 Å². The number of quaternary nitrogens is 1. The maximum atomic E-state index is 5.47. The fraction of sp³-hybridized carbons (Fsp3) is 0.667. The molecule has 1 atom stereocenters. The monoisotopic (exact) mass is 363 g/mol. The molecule has 6 nitrogen and oxygen atoms in total. The van der Waals surface area contributed by atoms with Crippen molar-refractivity contribution < 1.29 is 14.4 Å². The lowest BCUT2D eigenvalue weighted by Gasteiger charge is -2.23. The predicted molar refractivity (Wildman–Crippen MR) is 99.6 cm³/mol. The van der Waals surface area contributed by atoms with E-state index < -0.39 is 0 Å². The summed E-state index contributed by atoms with van der Waals surface area (Å²) in [6.45, 7) is 7.41. The number of anilines is 1. The first-order valence-electron chi connectivity index (χ1n) is 9.22. The van der Waals surface area contributed by atoms with Crippen molar-refractivity contribution in [2.75, 3.05) is 45.3 Å². The van der Waals surface area contributed by atoms with E-state index in [1.165, 1.54) is 33.6 Å². The highest BCUT2D eigenvalue weighted by Gasteiger charge is 2.24. The van der Waals surface area contributed by atoms with Crippen LogP contribution in [0.15, 0.2) is 0 Å². The first-order chi connectivity index (χ1) is 12.2. The molecule has 3 heterocycles. The molecule has 1 fully saturated rings. The average Bonchev–Trinajstić information content (AvgIpc) is 3.16. The number of methoxy groups -OCH3 is 1. The molecule has 0 unspecified atom stereocenters. The standard InChI is InChI=1S/C18H26N4O2S/c1-12(11-23-2)19-17-16-13-4-3-5-14(13)25-18(16)21-15(20-17)10-22-6-8-24-9-7-22/h12H,3-11H2,1-2H3,(H,19,20,21)/p+1/t12-/m0/s1. The van der Waals surface area contributed by atoms with Gasteiger partial charge in [-0.15, -0.1) is 11.3 Å². The van der Waals surface area contributed by atoms with Crippen LogP contribution < -0.4 is 10.2 Å². The number of hydrogen-bond acceptors (Lipinski definition) is 6. The molecule has 0 radical (unpaired) electrons. The van der Waals surface area contributed by atoms with Gasteiger partial charge in [0.25, 0.3) is 0 Å². The minimum Gasteiger partial charge on any atom is -0.383 e. The van der Waals surface area contributed by atoms with E-state index in [9.17, 15) is 0 Å². The number of ether oxygens (including phenoxy) is 2. The van der Waals surface area contributed by atoms with Gasteiger partial charge in [0.1, 0.15) is 30.3 Å². The Hall–Kier alpha value is -1.28. The second kappa shape index (κ2) is 7.53. The quantitative estimate of drug-likeness (QED) is 0.803. The number of morpholine rings is 1. The number of nitrogens with one attached hydrogen (secondary N) is 2. The third-order valence-electron chi connectivity index (χ3n) is 5.02. The van der Waals surface area contributed by atoms with Crippen molar-refractivity contribution in [3.05, 3.63) is 16.3 Å². The van der Waals surface area contributed by atoms with Crippen LogP contribution in [0.25, 0.3) is 10.2 Å². The molecule has 1 aliphatic carbocycles. The molecular formula is C18H27N4O2S+. The summed E-state index contributed by atoms with van der Waals surface area (Å²) in [5, 5.41) is 4.83. The van der Waals surface area contributed by atoms with Crippen LogP contribution in [0.5, 0.6) is 0 Å². The molecule has 2 N–H and O–H groups in total. The van der Waals surface area contributed by atoms with Gasteiger partial charge < -0.3 is 19.7 Å². The Kier molecular flexibility index (Phi) is 5.17. The number of rotatable bonds is 6. The summed E-state index contributed by atoms with van der Waals surface area (Å²) in [4.78, 5) is 14.0. The molecule has 2 aliphatic rings. The van der Waals surface area contributed by atoms with Gasteiger partial charge in [-0.25, -0.2) is 9.97 Å². The normalized spacial score (nSPS) is 19.3. The van der Waals surface area contributed by atoms with Crippen LogP contribution in [-0.4, -0.2) is 56.0 Å². The van der Waals surface area contributed by atoms with Crippen molar-refractivity contribution in [3.63, 3.8) is 0 Å². The summed E-state index contributed by atoms with van der Waals surface area (Å²) in [5.41, 5.74) is 1.47. The van der Waals surface area contributed by atoms with Crippen molar-refractivity contribution >= 4 is 27.4 Å². The van der Waals surface area contributed by atoms with E-state index in [0.717, 1.165) is 55.7 Å². The summed E-state index contributed by atoms with van der Waals surface area (Å²) >= 11 is 1.86. The van der Waals surface area contributed by atoms with Crippen LogP contribution in [0.1, 0.15) is 29.6 Å². The molecule has 25 heavy (non-hydrogen) atoms. The summed E-state index contributed by atoms with van der Waals surface area (Å²) in [5.74, 6) is 1.94. The van der Waals surface area contributed by atoms with Crippen LogP contribution >= 0.6 is 11.3 Å². The van der Waals surface area contributed by atoms with Gasteiger partial charge >= 0.3 is 0 Å². The molecule has 0 amide bonds. The van der Waals surface area contributed by atoms with E-state index in [2.05, 4.69) is 12.2 Å². The zero-order valence-electron chi connectivity index (χ0n) is 15.1. The average molecular weight is 364 g/mol. The predicted octanol–water partition coefficient (Wildman–Crippen LogP) is 1.04. The highest BCUT2D eigenvalue weighted by atomic mass is 32.1. The minimum absolute atomic E-state index is 0.226. The first kappa shape index (κ1) is 17.1. The van der Waals surface area contributed by atoms with Gasteiger partial charge in [0, 0.05) is 18.0 Å².